The number of hydrogen-bond acceptors (Lipinski definition) is 6. The molecule has 0 saturated carbocycles. The first-order valence-electron chi connectivity index (χ1n) is 8.96. The van der Waals surface area contributed by atoms with E-state index in [1.54, 1.807) is 13.0 Å². The molecule has 0 unspecified atom stereocenters. The molecular weight excluding hydrogens is 397 g/mol. The van der Waals surface area contributed by atoms with E-state index in [-0.39, 0.29) is 28.1 Å². The largest absolute Gasteiger partial charge is 0.434 e. The Morgan fingerprint density at radius 2 is 1.83 bits per heavy atom. The van der Waals surface area contributed by atoms with Crippen LogP contribution in [0, 0.1) is 18.3 Å². The molecule has 0 bridgehead atoms. The minimum atomic E-state index is -4.78. The van der Waals surface area contributed by atoms with Crippen LogP contribution in [0.1, 0.15) is 37.7 Å². The van der Waals surface area contributed by atoms with Gasteiger partial charge in [0.2, 0.25) is 5.95 Å². The van der Waals surface area contributed by atoms with Gasteiger partial charge in [-0.15, -0.1) is 0 Å². The number of rotatable bonds is 2. The van der Waals surface area contributed by atoms with Gasteiger partial charge in [-0.25, -0.2) is 9.97 Å². The summed E-state index contributed by atoms with van der Waals surface area (Å²) in [6.07, 6.45) is -3.93. The zero-order chi connectivity index (χ0) is 22.4. The third-order valence-corrected chi connectivity index (χ3v) is 4.22. The maximum Gasteiger partial charge on any atom is 0.434 e. The summed E-state index contributed by atoms with van der Waals surface area (Å²) < 4.78 is 42.2. The summed E-state index contributed by atoms with van der Waals surface area (Å²) in [7, 11) is 1.53. The highest BCUT2D eigenvalue weighted by atomic mass is 19.4. The Bertz CT molecular complexity index is 1250. The van der Waals surface area contributed by atoms with Crippen LogP contribution in [0.4, 0.5) is 19.1 Å². The van der Waals surface area contributed by atoms with Gasteiger partial charge in [0.1, 0.15) is 11.6 Å². The highest BCUT2D eigenvalue weighted by Gasteiger charge is 2.37. The zero-order valence-electron chi connectivity index (χ0n) is 17.0. The number of nitriles is 1. The second-order valence-corrected chi connectivity index (χ2v) is 7.91. The lowest BCUT2D eigenvalue weighted by atomic mass is 10.0. The first kappa shape index (κ1) is 21.2. The van der Waals surface area contributed by atoms with Crippen LogP contribution >= 0.6 is 0 Å². The van der Waals surface area contributed by atoms with Crippen LogP contribution in [0.2, 0.25) is 0 Å². The van der Waals surface area contributed by atoms with Crippen molar-refractivity contribution in [3.05, 3.63) is 45.6 Å². The number of alkyl halides is 3. The van der Waals surface area contributed by atoms with Gasteiger partial charge in [0.15, 0.2) is 5.69 Å². The average Bonchev–Trinajstić information content (AvgIpc) is 2.63. The predicted molar refractivity (Wildman–Crippen MR) is 106 cm³/mol. The molecule has 1 N–H and O–H groups in total. The lowest BCUT2D eigenvalue weighted by Crippen LogP contribution is -2.32. The molecule has 3 aromatic heterocycles. The maximum absolute atomic E-state index is 13.6. The fourth-order valence-corrected chi connectivity index (χ4v) is 2.97. The maximum atomic E-state index is 13.6. The number of nitrogens with zero attached hydrogens (tertiary/aromatic N) is 5. The second kappa shape index (κ2) is 7.09. The zero-order valence-corrected chi connectivity index (χ0v) is 17.0. The first-order chi connectivity index (χ1) is 13.8. The van der Waals surface area contributed by atoms with Crippen molar-refractivity contribution >= 4 is 16.9 Å². The first-order valence-corrected chi connectivity index (χ1v) is 8.96. The van der Waals surface area contributed by atoms with Crippen molar-refractivity contribution in [1.82, 2.24) is 19.5 Å². The highest BCUT2D eigenvalue weighted by Crippen LogP contribution is 2.37. The van der Waals surface area contributed by atoms with E-state index in [4.69, 9.17) is 5.26 Å². The number of fused-ring (bicyclic) bond motifs is 1. The van der Waals surface area contributed by atoms with Crippen molar-refractivity contribution in [1.29, 1.82) is 5.26 Å². The summed E-state index contributed by atoms with van der Waals surface area (Å²) in [5, 5.41) is 12.3. The Hall–Kier alpha value is -3.48. The molecule has 156 valence electrons. The van der Waals surface area contributed by atoms with Gasteiger partial charge in [-0.1, -0.05) is 0 Å². The van der Waals surface area contributed by atoms with E-state index in [2.05, 4.69) is 20.3 Å². The number of pyridine rings is 2. The summed E-state index contributed by atoms with van der Waals surface area (Å²) in [5.41, 5.74) is -2.38. The molecule has 0 aliphatic heterocycles. The molecular formula is C20H19F3N6O. The number of hydrogen-bond donors (Lipinski definition) is 1. The minimum absolute atomic E-state index is 0.00200. The van der Waals surface area contributed by atoms with E-state index in [1.165, 1.54) is 17.7 Å². The van der Waals surface area contributed by atoms with E-state index in [0.717, 1.165) is 12.3 Å². The molecule has 10 heteroatoms. The van der Waals surface area contributed by atoms with Crippen LogP contribution in [0.5, 0.6) is 0 Å². The number of aromatic nitrogens is 4. The molecule has 3 rings (SSSR count). The highest BCUT2D eigenvalue weighted by molar-refractivity contribution is 5.92. The Kier molecular flexibility index (Phi) is 5.02. The van der Waals surface area contributed by atoms with Crippen molar-refractivity contribution in [3.63, 3.8) is 0 Å². The molecule has 0 spiro atoms. The van der Waals surface area contributed by atoms with Gasteiger partial charge >= 0.3 is 6.18 Å². The molecule has 0 saturated heterocycles. The smallest absolute Gasteiger partial charge is 0.351 e. The van der Waals surface area contributed by atoms with Gasteiger partial charge in [-0.2, -0.15) is 18.4 Å². The minimum Gasteiger partial charge on any atom is -0.351 e. The molecule has 7 nitrogen and oxygen atoms in total. The quantitative estimate of drug-likeness (QED) is 0.683. The SMILES string of the molecule is Cc1cc2c(=O)n(C)c(NC(C)(C)C)nc2c(-c2cc(C#N)cnc2C(F)(F)F)n1. The van der Waals surface area contributed by atoms with Crippen molar-refractivity contribution in [2.45, 2.75) is 39.4 Å². The van der Waals surface area contributed by atoms with Gasteiger partial charge in [0.05, 0.1) is 16.6 Å². The molecule has 3 heterocycles. The predicted octanol–water partition coefficient (Wildman–Crippen LogP) is 3.80. The lowest BCUT2D eigenvalue weighted by Gasteiger charge is -2.23. The second-order valence-electron chi connectivity index (χ2n) is 7.91. The molecule has 0 aliphatic rings. The fourth-order valence-electron chi connectivity index (χ4n) is 2.97. The van der Waals surface area contributed by atoms with Crippen LogP contribution in [0.3, 0.4) is 0 Å². The Balaban J connectivity index is 2.46. The van der Waals surface area contributed by atoms with Gasteiger partial charge in [-0.3, -0.25) is 14.3 Å². The molecule has 0 aliphatic carbocycles. The molecule has 0 fully saturated rings. The summed E-state index contributed by atoms with van der Waals surface area (Å²) in [4.78, 5) is 25.1. The van der Waals surface area contributed by atoms with E-state index < -0.39 is 28.5 Å². The Labute approximate surface area is 170 Å². The number of aryl methyl sites for hydroxylation is 1. The van der Waals surface area contributed by atoms with Crippen LogP contribution in [-0.4, -0.2) is 25.1 Å². The van der Waals surface area contributed by atoms with Gasteiger partial charge in [0, 0.05) is 30.0 Å². The summed E-state index contributed by atoms with van der Waals surface area (Å²) in [6, 6.07) is 4.32. The van der Waals surface area contributed by atoms with E-state index in [0.29, 0.717) is 5.69 Å². The van der Waals surface area contributed by atoms with Crippen molar-refractivity contribution in [2.24, 2.45) is 7.05 Å². The van der Waals surface area contributed by atoms with Crippen molar-refractivity contribution in [3.8, 4) is 17.3 Å². The average molecular weight is 416 g/mol. The topological polar surface area (TPSA) is 96.5 Å². The molecule has 0 atom stereocenters. The third-order valence-electron chi connectivity index (χ3n) is 4.22. The van der Waals surface area contributed by atoms with Gasteiger partial charge < -0.3 is 5.32 Å². The van der Waals surface area contributed by atoms with Gasteiger partial charge in [-0.05, 0) is 39.8 Å². The molecule has 0 radical (unpaired) electrons. The Morgan fingerprint density at radius 1 is 1.17 bits per heavy atom. The molecule has 0 aromatic carbocycles. The summed E-state index contributed by atoms with van der Waals surface area (Å²) in [5.74, 6) is 0.185. The Morgan fingerprint density at radius 3 is 2.40 bits per heavy atom. The normalized spacial score (nSPS) is 12.1. The van der Waals surface area contributed by atoms with E-state index in [9.17, 15) is 18.0 Å². The standard InChI is InChI=1S/C20H19F3N6O/c1-10-6-13-15(27-18(28-19(2,3)4)29(5)17(13)30)14(26-10)12-7-11(8-24)9-25-16(12)20(21,22)23/h6-7,9H,1-5H3,(H,27,28). The number of nitrogens with one attached hydrogen (secondary N) is 1. The number of halogens is 3. The van der Waals surface area contributed by atoms with Crippen molar-refractivity contribution < 1.29 is 13.2 Å². The molecule has 30 heavy (non-hydrogen) atoms. The monoisotopic (exact) mass is 416 g/mol. The van der Waals surface area contributed by atoms with E-state index in [1.807, 2.05) is 20.8 Å². The fraction of sp³-hybridized carbons (Fsp3) is 0.350. The van der Waals surface area contributed by atoms with Crippen molar-refractivity contribution in [2.75, 3.05) is 5.32 Å². The summed E-state index contributed by atoms with van der Waals surface area (Å²) in [6.45, 7) is 7.15. The van der Waals surface area contributed by atoms with Gasteiger partial charge in [0.25, 0.3) is 5.56 Å². The molecule has 3 aromatic rings. The van der Waals surface area contributed by atoms with Crippen LogP contribution in [-0.2, 0) is 13.2 Å². The number of anilines is 1. The van der Waals surface area contributed by atoms with Crippen LogP contribution in [0.25, 0.3) is 22.2 Å². The lowest BCUT2D eigenvalue weighted by molar-refractivity contribution is -0.140. The van der Waals surface area contributed by atoms with E-state index >= 15 is 0 Å². The van der Waals surface area contributed by atoms with Crippen LogP contribution in [0.15, 0.2) is 23.1 Å². The summed E-state index contributed by atoms with van der Waals surface area (Å²) >= 11 is 0. The third kappa shape index (κ3) is 3.96. The molecule has 0 amide bonds. The van der Waals surface area contributed by atoms with Crippen LogP contribution < -0.4 is 10.9 Å².